The Labute approximate surface area is 304 Å². The summed E-state index contributed by atoms with van der Waals surface area (Å²) in [5.74, 6) is -1.44. The Balaban J connectivity index is 0.905. The van der Waals surface area contributed by atoms with Gasteiger partial charge in [-0.15, -0.1) is 0 Å². The lowest BCUT2D eigenvalue weighted by Crippen LogP contribution is -2.54. The van der Waals surface area contributed by atoms with Crippen LogP contribution in [0.15, 0.2) is 48.7 Å². The lowest BCUT2D eigenvalue weighted by atomic mass is 10.0. The van der Waals surface area contributed by atoms with Crippen molar-refractivity contribution < 1.29 is 33.5 Å². The number of hydrogen-bond donors (Lipinski definition) is 4. The lowest BCUT2D eigenvalue weighted by molar-refractivity contribution is -0.136. The third kappa shape index (κ3) is 7.27. The number of carbonyl (C=O) groups is 6. The second-order valence-corrected chi connectivity index (χ2v) is 13.4. The number of benzene rings is 2. The molecule has 7 rings (SSSR count). The van der Waals surface area contributed by atoms with Crippen LogP contribution in [0, 0.1) is 0 Å². The summed E-state index contributed by atoms with van der Waals surface area (Å²) < 4.78 is 5.91. The van der Waals surface area contributed by atoms with Gasteiger partial charge < -0.3 is 35.8 Å². The van der Waals surface area contributed by atoms with Crippen molar-refractivity contribution in [2.24, 2.45) is 5.73 Å². The van der Waals surface area contributed by atoms with Crippen molar-refractivity contribution in [3.05, 3.63) is 65.5 Å². The summed E-state index contributed by atoms with van der Waals surface area (Å²) in [7, 11) is 1.81. The Morgan fingerprint density at radius 3 is 2.49 bits per heavy atom. The predicted molar refractivity (Wildman–Crippen MR) is 192 cm³/mol. The topological polar surface area (TPSA) is 212 Å². The van der Waals surface area contributed by atoms with Gasteiger partial charge in [-0.05, 0) is 68.1 Å². The first-order chi connectivity index (χ1) is 25.6. The van der Waals surface area contributed by atoms with E-state index in [-0.39, 0.29) is 47.6 Å². The highest BCUT2D eigenvalue weighted by molar-refractivity contribution is 6.23. The van der Waals surface area contributed by atoms with E-state index in [0.29, 0.717) is 62.1 Å². The van der Waals surface area contributed by atoms with Gasteiger partial charge in [0.1, 0.15) is 17.6 Å². The first-order valence-corrected chi connectivity index (χ1v) is 17.6. The SMILES string of the molecule is CN1CCN([C@@H]2CCCN(c3cnc(C(N)=O)c(Nc4ccc(OCCCNc5ccc6c(c5)C(=O)N(C5CCC(=O)NC5=O)C6=O)cc4)n3)C2)C1=O. The van der Waals surface area contributed by atoms with Crippen LogP contribution in [0.1, 0.15) is 63.3 Å². The van der Waals surface area contributed by atoms with Crippen molar-refractivity contribution >= 4 is 58.6 Å². The van der Waals surface area contributed by atoms with Gasteiger partial charge >= 0.3 is 6.03 Å². The molecule has 3 fully saturated rings. The van der Waals surface area contributed by atoms with E-state index in [1.165, 1.54) is 0 Å². The number of anilines is 4. The number of aromatic nitrogens is 2. The van der Waals surface area contributed by atoms with E-state index in [9.17, 15) is 28.8 Å². The first-order valence-electron chi connectivity index (χ1n) is 17.6. The Kier molecular flexibility index (Phi) is 9.80. The third-order valence-electron chi connectivity index (χ3n) is 9.88. The monoisotopic (exact) mass is 724 g/mol. The Morgan fingerprint density at radius 1 is 0.981 bits per heavy atom. The summed E-state index contributed by atoms with van der Waals surface area (Å²) in [6.07, 6.45) is 4.12. The maximum Gasteiger partial charge on any atom is 0.320 e. The van der Waals surface area contributed by atoms with Crippen molar-refractivity contribution in [3.63, 3.8) is 0 Å². The molecule has 2 atom stereocenters. The summed E-state index contributed by atoms with van der Waals surface area (Å²) in [6.45, 7) is 3.68. The fraction of sp³-hybridized carbons (Fsp3) is 0.389. The smallest absolute Gasteiger partial charge is 0.320 e. The van der Waals surface area contributed by atoms with Gasteiger partial charge in [0, 0.05) is 57.6 Å². The fourth-order valence-electron chi connectivity index (χ4n) is 7.07. The highest BCUT2D eigenvalue weighted by atomic mass is 16.5. The second kappa shape index (κ2) is 14.8. The van der Waals surface area contributed by atoms with E-state index in [2.05, 4.69) is 25.8 Å². The molecule has 1 unspecified atom stereocenters. The van der Waals surface area contributed by atoms with E-state index >= 15 is 0 Å². The number of piperidine rings is 2. The quantitative estimate of drug-likeness (QED) is 0.156. The molecule has 4 aliphatic rings. The average Bonchev–Trinajstić information content (AvgIpc) is 3.61. The number of nitrogens with one attached hydrogen (secondary N) is 3. The zero-order chi connectivity index (χ0) is 37.2. The normalized spacial score (nSPS) is 20.1. The van der Waals surface area contributed by atoms with Gasteiger partial charge in [-0.3, -0.25) is 34.2 Å². The minimum absolute atomic E-state index is 0.0115. The van der Waals surface area contributed by atoms with E-state index in [1.807, 2.05) is 11.9 Å². The summed E-state index contributed by atoms with van der Waals surface area (Å²) in [4.78, 5) is 90.4. The minimum atomic E-state index is -1.01. The molecule has 3 saturated heterocycles. The van der Waals surface area contributed by atoms with Crippen LogP contribution in [0.3, 0.4) is 0 Å². The number of ether oxygens (including phenoxy) is 1. The number of likely N-dealkylation sites (N-methyl/N-ethyl adjacent to an activating group) is 1. The fourth-order valence-corrected chi connectivity index (χ4v) is 7.07. The Morgan fingerprint density at radius 2 is 1.75 bits per heavy atom. The standard InChI is InChI=1S/C36H40N10O7/c1-43-15-16-45(36(43)52)23-4-2-14-44(20-23)28-19-39-30(31(37)48)32(41-28)40-21-5-8-24(9-6-21)53-17-3-13-38-22-7-10-25-26(18-22)35(51)46(34(25)50)27-11-12-29(47)42-33(27)49/h5-10,18-19,23,27,38H,2-4,11-17,20H2,1H3,(H2,37,48)(H,40,41)(H,42,47,49)/t23-,27?/m1/s1. The lowest BCUT2D eigenvalue weighted by Gasteiger charge is -2.37. The van der Waals surface area contributed by atoms with E-state index < -0.39 is 35.6 Å². The molecule has 17 nitrogen and oxygen atoms in total. The number of hydrogen-bond acceptors (Lipinski definition) is 12. The summed E-state index contributed by atoms with van der Waals surface area (Å²) in [6, 6.07) is 11.1. The molecule has 0 saturated carbocycles. The molecule has 5 heterocycles. The molecular weight excluding hydrogens is 684 g/mol. The van der Waals surface area contributed by atoms with Gasteiger partial charge in [0.2, 0.25) is 11.8 Å². The Bertz CT molecular complexity index is 1970. The molecule has 1 aromatic heterocycles. The van der Waals surface area contributed by atoms with Crippen LogP contribution in [-0.4, -0.2) is 119 Å². The number of fused-ring (bicyclic) bond motifs is 1. The van der Waals surface area contributed by atoms with Crippen molar-refractivity contribution in [2.75, 3.05) is 61.9 Å². The molecule has 0 bridgehead atoms. The van der Waals surface area contributed by atoms with Crippen molar-refractivity contribution in [1.82, 2.24) is 30.0 Å². The van der Waals surface area contributed by atoms with Gasteiger partial charge in [-0.2, -0.15) is 0 Å². The minimum Gasteiger partial charge on any atom is -0.494 e. The molecule has 0 spiro atoms. The van der Waals surface area contributed by atoms with Crippen LogP contribution >= 0.6 is 0 Å². The number of nitrogens with two attached hydrogens (primary N) is 1. The molecule has 3 aromatic rings. The van der Waals surface area contributed by atoms with Crippen LogP contribution < -0.4 is 31.3 Å². The van der Waals surface area contributed by atoms with Gasteiger partial charge in [0.15, 0.2) is 11.5 Å². The molecule has 53 heavy (non-hydrogen) atoms. The van der Waals surface area contributed by atoms with Gasteiger partial charge in [-0.25, -0.2) is 14.8 Å². The highest BCUT2D eigenvalue weighted by Gasteiger charge is 2.44. The van der Waals surface area contributed by atoms with Crippen molar-refractivity contribution in [1.29, 1.82) is 0 Å². The molecule has 17 heteroatoms. The van der Waals surface area contributed by atoms with Crippen LogP contribution in [0.25, 0.3) is 0 Å². The van der Waals surface area contributed by atoms with Crippen LogP contribution in [0.5, 0.6) is 5.75 Å². The molecule has 7 amide bonds. The number of rotatable bonds is 12. The molecule has 0 aliphatic carbocycles. The molecule has 276 valence electrons. The number of amides is 7. The van der Waals surface area contributed by atoms with Crippen molar-refractivity contribution in [3.8, 4) is 5.75 Å². The van der Waals surface area contributed by atoms with Crippen LogP contribution in [0.2, 0.25) is 0 Å². The number of urea groups is 1. The van der Waals surface area contributed by atoms with Gasteiger partial charge in [0.05, 0.1) is 30.0 Å². The number of nitrogens with zero attached hydrogens (tertiary/aromatic N) is 6. The molecule has 2 aromatic carbocycles. The summed E-state index contributed by atoms with van der Waals surface area (Å²) >= 11 is 0. The summed E-state index contributed by atoms with van der Waals surface area (Å²) in [5, 5.41) is 8.59. The first kappa shape index (κ1) is 35.2. The predicted octanol–water partition coefficient (Wildman–Crippen LogP) is 1.94. The maximum atomic E-state index is 13.1. The third-order valence-corrected chi connectivity index (χ3v) is 9.88. The number of primary amides is 1. The summed E-state index contributed by atoms with van der Waals surface area (Å²) in [5.41, 5.74) is 7.35. The van der Waals surface area contributed by atoms with E-state index in [1.54, 1.807) is 53.6 Å². The molecule has 0 radical (unpaired) electrons. The van der Waals surface area contributed by atoms with Crippen LogP contribution in [-0.2, 0) is 9.59 Å². The average molecular weight is 725 g/mol. The maximum absolute atomic E-state index is 13.1. The van der Waals surface area contributed by atoms with Gasteiger partial charge in [-0.1, -0.05) is 0 Å². The van der Waals surface area contributed by atoms with E-state index in [4.69, 9.17) is 15.5 Å². The zero-order valence-corrected chi connectivity index (χ0v) is 29.2. The molecule has 5 N–H and O–H groups in total. The molecular formula is C36H40N10O7. The van der Waals surface area contributed by atoms with E-state index in [0.717, 1.165) is 24.3 Å². The molecule has 4 aliphatic heterocycles. The second-order valence-electron chi connectivity index (χ2n) is 13.4. The number of imide groups is 2. The van der Waals surface area contributed by atoms with Crippen molar-refractivity contribution in [2.45, 2.75) is 44.2 Å². The Hall–Kier alpha value is -6.26. The van der Waals surface area contributed by atoms with Gasteiger partial charge in [0.25, 0.3) is 17.7 Å². The highest BCUT2D eigenvalue weighted by Crippen LogP contribution is 2.30. The zero-order valence-electron chi connectivity index (χ0n) is 29.2. The van der Waals surface area contributed by atoms with Crippen LogP contribution in [0.4, 0.5) is 27.8 Å². The largest absolute Gasteiger partial charge is 0.494 e. The number of carbonyl (C=O) groups excluding carboxylic acids is 6.